The Bertz CT molecular complexity index is 592. The Labute approximate surface area is 129 Å². The first-order chi connectivity index (χ1) is 9.46. The molecule has 0 aliphatic heterocycles. The molecule has 0 aromatic heterocycles. The van der Waals surface area contributed by atoms with E-state index in [0.29, 0.717) is 34.3 Å². The van der Waals surface area contributed by atoms with E-state index in [0.717, 1.165) is 5.56 Å². The summed E-state index contributed by atoms with van der Waals surface area (Å²) in [6, 6.07) is 5.46. The molecule has 0 bridgehead atoms. The Morgan fingerprint density at radius 1 is 1.15 bits per heavy atom. The van der Waals surface area contributed by atoms with Crippen LogP contribution in [0, 0.1) is 18.8 Å². The van der Waals surface area contributed by atoms with Crippen LogP contribution in [0.2, 0.25) is 0 Å². The van der Waals surface area contributed by atoms with Gasteiger partial charge >= 0.3 is 0 Å². The Hall–Kier alpha value is -0.390. The lowest BCUT2D eigenvalue weighted by atomic mass is 10.2. The minimum atomic E-state index is -3.37. The highest BCUT2D eigenvalue weighted by Gasteiger charge is 2.36. The summed E-state index contributed by atoms with van der Waals surface area (Å²) in [5.74, 6) is 1.15. The van der Waals surface area contributed by atoms with E-state index in [1.54, 1.807) is 10.4 Å². The number of aryl methyl sites for hydroxylation is 1. The van der Waals surface area contributed by atoms with Crippen molar-refractivity contribution in [1.82, 2.24) is 4.31 Å². The van der Waals surface area contributed by atoms with Crippen molar-refractivity contribution >= 4 is 26.0 Å². The molecule has 3 nitrogen and oxygen atoms in total. The van der Waals surface area contributed by atoms with Crippen LogP contribution in [-0.4, -0.2) is 25.8 Å². The highest BCUT2D eigenvalue weighted by molar-refractivity contribution is 9.10. The van der Waals surface area contributed by atoms with Crippen LogP contribution < -0.4 is 0 Å². The molecule has 1 aromatic carbocycles. The van der Waals surface area contributed by atoms with Crippen LogP contribution >= 0.6 is 15.9 Å². The van der Waals surface area contributed by atoms with Crippen molar-refractivity contribution in [2.45, 2.75) is 37.5 Å². The van der Waals surface area contributed by atoms with Gasteiger partial charge in [0.1, 0.15) is 0 Å². The quantitative estimate of drug-likeness (QED) is 0.780. The molecule has 2 aliphatic rings. The van der Waals surface area contributed by atoms with E-state index >= 15 is 0 Å². The molecule has 5 heteroatoms. The van der Waals surface area contributed by atoms with Gasteiger partial charge in [-0.15, -0.1) is 0 Å². The minimum absolute atomic E-state index is 0.407. The van der Waals surface area contributed by atoms with Crippen LogP contribution in [0.4, 0.5) is 0 Å². The summed E-state index contributed by atoms with van der Waals surface area (Å²) >= 11 is 3.41. The fraction of sp³-hybridized carbons (Fsp3) is 0.600. The van der Waals surface area contributed by atoms with E-state index in [9.17, 15) is 8.42 Å². The van der Waals surface area contributed by atoms with Crippen molar-refractivity contribution in [1.29, 1.82) is 0 Å². The SMILES string of the molecule is Cc1ccc(S(=O)(=O)N(CC2CC2)CC2CC2)c(Br)c1. The summed E-state index contributed by atoms with van der Waals surface area (Å²) < 4.78 is 28.2. The van der Waals surface area contributed by atoms with Crippen molar-refractivity contribution < 1.29 is 8.42 Å². The van der Waals surface area contributed by atoms with Gasteiger partial charge in [0.2, 0.25) is 10.0 Å². The average molecular weight is 358 g/mol. The molecule has 0 radical (unpaired) electrons. The highest BCUT2D eigenvalue weighted by Crippen LogP contribution is 2.37. The van der Waals surface area contributed by atoms with Gasteiger partial charge in [0, 0.05) is 17.6 Å². The first-order valence-corrected chi connectivity index (χ1v) is 9.46. The normalized spacial score (nSPS) is 19.6. The summed E-state index contributed by atoms with van der Waals surface area (Å²) in [5, 5.41) is 0. The summed E-state index contributed by atoms with van der Waals surface area (Å²) in [7, 11) is -3.37. The smallest absolute Gasteiger partial charge is 0.207 e. The second kappa shape index (κ2) is 5.43. The highest BCUT2D eigenvalue weighted by atomic mass is 79.9. The second-order valence-electron chi connectivity index (χ2n) is 6.14. The molecule has 2 fully saturated rings. The molecule has 0 saturated heterocycles. The standard InChI is InChI=1S/C15H20BrNO2S/c1-11-2-7-15(14(16)8-11)20(18,19)17(9-12-3-4-12)10-13-5-6-13/h2,7-8,12-13H,3-6,9-10H2,1H3. The molecule has 0 unspecified atom stereocenters. The van der Waals surface area contributed by atoms with E-state index in [1.165, 1.54) is 25.7 Å². The first kappa shape index (κ1) is 14.5. The molecular formula is C15H20BrNO2S. The number of sulfonamides is 1. The van der Waals surface area contributed by atoms with Gasteiger partial charge in [0.15, 0.2) is 0 Å². The third kappa shape index (κ3) is 3.26. The maximum atomic E-state index is 12.9. The molecule has 1 aromatic rings. The Morgan fingerprint density at radius 3 is 2.15 bits per heavy atom. The Balaban J connectivity index is 1.89. The van der Waals surface area contributed by atoms with Crippen LogP contribution in [0.25, 0.3) is 0 Å². The van der Waals surface area contributed by atoms with Gasteiger partial charge < -0.3 is 0 Å². The predicted octanol–water partition coefficient (Wildman–Crippen LogP) is 3.57. The summed E-state index contributed by atoms with van der Waals surface area (Å²) in [5.41, 5.74) is 1.06. The maximum Gasteiger partial charge on any atom is 0.244 e. The van der Waals surface area contributed by atoms with E-state index in [1.807, 2.05) is 19.1 Å². The van der Waals surface area contributed by atoms with Crippen LogP contribution in [0.5, 0.6) is 0 Å². The average Bonchev–Trinajstić information content (AvgIpc) is 3.22. The largest absolute Gasteiger partial charge is 0.244 e. The monoisotopic (exact) mass is 357 g/mol. The van der Waals surface area contributed by atoms with Crippen LogP contribution in [0.3, 0.4) is 0 Å². The Kier molecular flexibility index (Phi) is 3.95. The van der Waals surface area contributed by atoms with Crippen molar-refractivity contribution in [2.75, 3.05) is 13.1 Å². The van der Waals surface area contributed by atoms with Crippen LogP contribution in [-0.2, 0) is 10.0 Å². The van der Waals surface area contributed by atoms with Gasteiger partial charge in [-0.05, 0) is 78.1 Å². The number of rotatable bonds is 6. The predicted molar refractivity (Wildman–Crippen MR) is 83.1 cm³/mol. The summed E-state index contributed by atoms with van der Waals surface area (Å²) in [6.07, 6.45) is 4.69. The lowest BCUT2D eigenvalue weighted by molar-refractivity contribution is 0.382. The molecule has 0 heterocycles. The van der Waals surface area contributed by atoms with Crippen molar-refractivity contribution in [3.63, 3.8) is 0 Å². The van der Waals surface area contributed by atoms with Gasteiger partial charge in [-0.2, -0.15) is 4.31 Å². The molecule has 0 spiro atoms. The first-order valence-electron chi connectivity index (χ1n) is 7.23. The zero-order valence-electron chi connectivity index (χ0n) is 11.7. The zero-order valence-corrected chi connectivity index (χ0v) is 14.1. The van der Waals surface area contributed by atoms with Gasteiger partial charge in [0.25, 0.3) is 0 Å². The van der Waals surface area contributed by atoms with Crippen LogP contribution in [0.1, 0.15) is 31.2 Å². The summed E-state index contributed by atoms with van der Waals surface area (Å²) in [4.78, 5) is 0.407. The lowest BCUT2D eigenvalue weighted by Crippen LogP contribution is -2.35. The van der Waals surface area contributed by atoms with Gasteiger partial charge in [-0.1, -0.05) is 6.07 Å². The maximum absolute atomic E-state index is 12.9. The lowest BCUT2D eigenvalue weighted by Gasteiger charge is -2.22. The van der Waals surface area contributed by atoms with Gasteiger partial charge in [-0.3, -0.25) is 0 Å². The van der Waals surface area contributed by atoms with Crippen molar-refractivity contribution in [3.8, 4) is 0 Å². The number of benzene rings is 1. The van der Waals surface area contributed by atoms with E-state index in [-0.39, 0.29) is 0 Å². The van der Waals surface area contributed by atoms with Crippen molar-refractivity contribution in [3.05, 3.63) is 28.2 Å². The summed E-state index contributed by atoms with van der Waals surface area (Å²) in [6.45, 7) is 3.35. The van der Waals surface area contributed by atoms with Crippen molar-refractivity contribution in [2.24, 2.45) is 11.8 Å². The molecule has 2 aliphatic carbocycles. The third-order valence-electron chi connectivity index (χ3n) is 4.02. The van der Waals surface area contributed by atoms with Crippen LogP contribution in [0.15, 0.2) is 27.6 Å². The molecule has 3 rings (SSSR count). The fourth-order valence-electron chi connectivity index (χ4n) is 2.40. The fourth-order valence-corrected chi connectivity index (χ4v) is 5.15. The minimum Gasteiger partial charge on any atom is -0.207 e. The molecule has 0 atom stereocenters. The molecular weight excluding hydrogens is 338 g/mol. The molecule has 0 N–H and O–H groups in total. The third-order valence-corrected chi connectivity index (χ3v) is 6.83. The molecule has 2 saturated carbocycles. The van der Waals surface area contributed by atoms with Gasteiger partial charge in [0.05, 0.1) is 4.90 Å². The zero-order chi connectivity index (χ0) is 14.3. The number of hydrogen-bond donors (Lipinski definition) is 0. The second-order valence-corrected chi connectivity index (χ2v) is 8.90. The van der Waals surface area contributed by atoms with E-state index in [4.69, 9.17) is 0 Å². The number of hydrogen-bond acceptors (Lipinski definition) is 2. The molecule has 0 amide bonds. The molecule has 110 valence electrons. The Morgan fingerprint density at radius 2 is 1.70 bits per heavy atom. The van der Waals surface area contributed by atoms with E-state index < -0.39 is 10.0 Å². The topological polar surface area (TPSA) is 37.4 Å². The molecule has 20 heavy (non-hydrogen) atoms. The number of nitrogens with zero attached hydrogens (tertiary/aromatic N) is 1. The number of halogens is 1. The van der Waals surface area contributed by atoms with E-state index in [2.05, 4.69) is 15.9 Å². The van der Waals surface area contributed by atoms with Gasteiger partial charge in [-0.25, -0.2) is 8.42 Å².